The summed E-state index contributed by atoms with van der Waals surface area (Å²) in [7, 11) is 1.74. The number of aliphatic hydroxyl groups excluding tert-OH is 1. The van der Waals surface area contributed by atoms with Gasteiger partial charge < -0.3 is 25.6 Å². The number of aliphatic hydroxyl groups is 1. The molecule has 1 heterocycles. The zero-order valence-corrected chi connectivity index (χ0v) is 19.0. The van der Waals surface area contributed by atoms with Crippen molar-refractivity contribution in [3.05, 3.63) is 84.6 Å². The van der Waals surface area contributed by atoms with Crippen LogP contribution in [0, 0.1) is 0 Å². The standard InChI is InChI=1S/C27H28N4O3/c1-31(26(33)14-11-20-18-29-24-10-6-5-9-22(20)24)21-12-13-23(19-7-3-2-4-8-19)25(17-21)30-27(34)28-15-16-32/h2-10,12-13,17-18,29,32H,11,14-16H2,1H3,(H2,28,30,34). The molecule has 0 saturated heterocycles. The van der Waals surface area contributed by atoms with Crippen molar-refractivity contribution in [3.8, 4) is 11.1 Å². The number of hydrogen-bond donors (Lipinski definition) is 4. The van der Waals surface area contributed by atoms with E-state index in [9.17, 15) is 9.59 Å². The molecule has 0 atom stereocenters. The summed E-state index contributed by atoms with van der Waals surface area (Å²) in [5, 5.41) is 15.6. The summed E-state index contributed by atoms with van der Waals surface area (Å²) in [5.41, 5.74) is 5.21. The predicted octanol–water partition coefficient (Wildman–Crippen LogP) is 4.54. The Morgan fingerprint density at radius 1 is 1.00 bits per heavy atom. The third kappa shape index (κ3) is 5.27. The lowest BCUT2D eigenvalue weighted by molar-refractivity contribution is -0.118. The average Bonchev–Trinajstić information content (AvgIpc) is 3.29. The number of anilines is 2. The minimum atomic E-state index is -0.420. The van der Waals surface area contributed by atoms with E-state index in [4.69, 9.17) is 5.11 Å². The lowest BCUT2D eigenvalue weighted by Gasteiger charge is -2.20. The minimum absolute atomic E-state index is 0.0200. The van der Waals surface area contributed by atoms with E-state index in [0.29, 0.717) is 24.2 Å². The smallest absolute Gasteiger partial charge is 0.319 e. The molecule has 4 N–H and O–H groups in total. The van der Waals surface area contributed by atoms with Crippen molar-refractivity contribution < 1.29 is 14.7 Å². The first kappa shape index (κ1) is 23.1. The Bertz CT molecular complexity index is 1280. The zero-order chi connectivity index (χ0) is 23.9. The second kappa shape index (κ2) is 10.7. The largest absolute Gasteiger partial charge is 0.395 e. The molecule has 0 aliphatic heterocycles. The van der Waals surface area contributed by atoms with E-state index in [-0.39, 0.29) is 19.1 Å². The minimum Gasteiger partial charge on any atom is -0.395 e. The molecule has 3 aromatic carbocycles. The fourth-order valence-corrected chi connectivity index (χ4v) is 3.94. The molecule has 4 aromatic rings. The molecule has 0 aliphatic carbocycles. The number of nitrogens with one attached hydrogen (secondary N) is 3. The van der Waals surface area contributed by atoms with Gasteiger partial charge in [0.25, 0.3) is 0 Å². The highest BCUT2D eigenvalue weighted by molar-refractivity contribution is 5.98. The molecule has 0 bridgehead atoms. The SMILES string of the molecule is CN(C(=O)CCc1c[nH]c2ccccc12)c1ccc(-c2ccccc2)c(NC(=O)NCCO)c1. The number of aromatic amines is 1. The summed E-state index contributed by atoms with van der Waals surface area (Å²) in [6, 6.07) is 22.9. The normalized spacial score (nSPS) is 10.8. The summed E-state index contributed by atoms with van der Waals surface area (Å²) >= 11 is 0. The third-order valence-corrected chi connectivity index (χ3v) is 5.78. The van der Waals surface area contributed by atoms with Crippen molar-refractivity contribution >= 4 is 34.2 Å². The molecule has 3 amide bonds. The number of para-hydroxylation sites is 1. The molecule has 1 aromatic heterocycles. The first-order chi connectivity index (χ1) is 16.6. The molecule has 4 rings (SSSR count). The van der Waals surface area contributed by atoms with Crippen molar-refractivity contribution in [1.29, 1.82) is 0 Å². The van der Waals surface area contributed by atoms with Crippen LogP contribution in [0.3, 0.4) is 0 Å². The van der Waals surface area contributed by atoms with Crippen molar-refractivity contribution in [2.45, 2.75) is 12.8 Å². The van der Waals surface area contributed by atoms with Gasteiger partial charge in [-0.3, -0.25) is 4.79 Å². The number of hydrogen-bond acceptors (Lipinski definition) is 3. The van der Waals surface area contributed by atoms with Crippen LogP contribution in [0.15, 0.2) is 79.0 Å². The second-order valence-electron chi connectivity index (χ2n) is 8.01. The Morgan fingerprint density at radius 3 is 2.56 bits per heavy atom. The lowest BCUT2D eigenvalue weighted by Crippen LogP contribution is -2.31. The van der Waals surface area contributed by atoms with Crippen molar-refractivity contribution in [2.75, 3.05) is 30.4 Å². The first-order valence-electron chi connectivity index (χ1n) is 11.2. The van der Waals surface area contributed by atoms with Gasteiger partial charge in [-0.25, -0.2) is 4.79 Å². The summed E-state index contributed by atoms with van der Waals surface area (Å²) in [6.07, 6.45) is 2.95. The first-order valence-corrected chi connectivity index (χ1v) is 11.2. The Labute approximate surface area is 198 Å². The number of H-pyrrole nitrogens is 1. The Hall–Kier alpha value is -4.10. The van der Waals surface area contributed by atoms with Crippen molar-refractivity contribution in [3.63, 3.8) is 0 Å². The van der Waals surface area contributed by atoms with E-state index < -0.39 is 6.03 Å². The number of fused-ring (bicyclic) bond motifs is 1. The maximum Gasteiger partial charge on any atom is 0.319 e. The van der Waals surface area contributed by atoms with Crippen LogP contribution in [-0.4, -0.2) is 42.2 Å². The third-order valence-electron chi connectivity index (χ3n) is 5.78. The Balaban J connectivity index is 1.53. The van der Waals surface area contributed by atoms with Gasteiger partial charge in [-0.05, 0) is 35.7 Å². The molecule has 0 aliphatic rings. The van der Waals surface area contributed by atoms with E-state index in [2.05, 4.69) is 21.7 Å². The fraction of sp³-hybridized carbons (Fsp3) is 0.185. The zero-order valence-electron chi connectivity index (χ0n) is 19.0. The van der Waals surface area contributed by atoms with Gasteiger partial charge >= 0.3 is 6.03 Å². The molecule has 0 unspecified atom stereocenters. The Kier molecular flexibility index (Phi) is 7.25. The van der Waals surface area contributed by atoms with Crippen LogP contribution in [0.4, 0.5) is 16.2 Å². The second-order valence-corrected chi connectivity index (χ2v) is 8.01. The molecular weight excluding hydrogens is 428 g/mol. The molecular formula is C27H28N4O3. The average molecular weight is 457 g/mol. The molecule has 0 fully saturated rings. The molecule has 7 heteroatoms. The maximum atomic E-state index is 13.0. The monoisotopic (exact) mass is 456 g/mol. The number of aromatic nitrogens is 1. The fourth-order valence-electron chi connectivity index (χ4n) is 3.94. The summed E-state index contributed by atoms with van der Waals surface area (Å²) in [4.78, 5) is 30.1. The summed E-state index contributed by atoms with van der Waals surface area (Å²) < 4.78 is 0. The van der Waals surface area contributed by atoms with Crippen LogP contribution in [0.25, 0.3) is 22.0 Å². The van der Waals surface area contributed by atoms with Crippen LogP contribution >= 0.6 is 0 Å². The molecule has 0 saturated carbocycles. The highest BCUT2D eigenvalue weighted by atomic mass is 16.3. The molecule has 174 valence electrons. The number of urea groups is 1. The number of rotatable bonds is 8. The van der Waals surface area contributed by atoms with Crippen molar-refractivity contribution in [2.24, 2.45) is 0 Å². The number of aryl methyl sites for hydroxylation is 1. The quantitative estimate of drug-likeness (QED) is 0.313. The van der Waals surface area contributed by atoms with Crippen LogP contribution < -0.4 is 15.5 Å². The Morgan fingerprint density at radius 2 is 1.76 bits per heavy atom. The predicted molar refractivity (Wildman–Crippen MR) is 136 cm³/mol. The van der Waals surface area contributed by atoms with Crippen LogP contribution in [-0.2, 0) is 11.2 Å². The highest BCUT2D eigenvalue weighted by Crippen LogP contribution is 2.32. The van der Waals surface area contributed by atoms with Gasteiger partial charge in [-0.15, -0.1) is 0 Å². The van der Waals surface area contributed by atoms with Gasteiger partial charge in [-0.1, -0.05) is 54.6 Å². The molecule has 0 radical (unpaired) electrons. The van der Waals surface area contributed by atoms with Gasteiger partial charge in [0.05, 0.1) is 12.3 Å². The highest BCUT2D eigenvalue weighted by Gasteiger charge is 2.16. The van der Waals surface area contributed by atoms with E-state index >= 15 is 0 Å². The molecule has 7 nitrogen and oxygen atoms in total. The number of amides is 3. The topological polar surface area (TPSA) is 97.5 Å². The van der Waals surface area contributed by atoms with Crippen LogP contribution in [0.1, 0.15) is 12.0 Å². The van der Waals surface area contributed by atoms with Crippen LogP contribution in [0.5, 0.6) is 0 Å². The number of carbonyl (C=O) groups excluding carboxylic acids is 2. The summed E-state index contributed by atoms with van der Waals surface area (Å²) in [5.74, 6) is -0.0200. The van der Waals surface area contributed by atoms with Gasteiger partial charge in [0.15, 0.2) is 0 Å². The van der Waals surface area contributed by atoms with Crippen LogP contribution in [0.2, 0.25) is 0 Å². The van der Waals surface area contributed by atoms with E-state index in [1.54, 1.807) is 18.0 Å². The number of nitrogens with zero attached hydrogens (tertiary/aromatic N) is 1. The van der Waals surface area contributed by atoms with E-state index in [1.807, 2.05) is 66.9 Å². The molecule has 34 heavy (non-hydrogen) atoms. The maximum absolute atomic E-state index is 13.0. The number of carbonyl (C=O) groups is 2. The van der Waals surface area contributed by atoms with Gasteiger partial charge in [-0.2, -0.15) is 0 Å². The van der Waals surface area contributed by atoms with E-state index in [0.717, 1.165) is 27.6 Å². The van der Waals surface area contributed by atoms with Gasteiger partial charge in [0.1, 0.15) is 0 Å². The van der Waals surface area contributed by atoms with E-state index in [1.165, 1.54) is 0 Å². The van der Waals surface area contributed by atoms with Gasteiger partial charge in [0, 0.05) is 48.4 Å². The van der Waals surface area contributed by atoms with Gasteiger partial charge in [0.2, 0.25) is 5.91 Å². The van der Waals surface area contributed by atoms with Crippen molar-refractivity contribution in [1.82, 2.24) is 10.3 Å². The lowest BCUT2D eigenvalue weighted by atomic mass is 10.0. The number of benzene rings is 3. The summed E-state index contributed by atoms with van der Waals surface area (Å²) in [6.45, 7) is 0.00505. The molecule has 0 spiro atoms.